The van der Waals surface area contributed by atoms with Crippen LogP contribution in [0.4, 0.5) is 26.1 Å². The minimum atomic E-state index is -0.803. The zero-order valence-electron chi connectivity index (χ0n) is 21.9. The van der Waals surface area contributed by atoms with Crippen LogP contribution < -0.4 is 19.9 Å². The third kappa shape index (κ3) is 4.53. The van der Waals surface area contributed by atoms with Gasteiger partial charge in [0.1, 0.15) is 18.2 Å². The van der Waals surface area contributed by atoms with E-state index in [1.807, 2.05) is 11.0 Å². The van der Waals surface area contributed by atoms with Crippen LogP contribution >= 0.6 is 0 Å². The van der Waals surface area contributed by atoms with E-state index in [0.29, 0.717) is 60.4 Å². The van der Waals surface area contributed by atoms with Gasteiger partial charge >= 0.3 is 0 Å². The Morgan fingerprint density at radius 3 is 2.58 bits per heavy atom. The first-order valence-electron chi connectivity index (χ1n) is 12.8. The minimum absolute atomic E-state index is 0.0427. The summed E-state index contributed by atoms with van der Waals surface area (Å²) in [5, 5.41) is 2.67. The number of aromatic nitrogens is 3. The predicted molar refractivity (Wildman–Crippen MR) is 146 cm³/mol. The van der Waals surface area contributed by atoms with Gasteiger partial charge < -0.3 is 24.4 Å². The molecule has 2 aromatic carbocycles. The zero-order chi connectivity index (χ0) is 28.0. The number of amides is 1. The molecule has 1 fully saturated rings. The number of Topliss-reactive ketones (excluding diaryl/α,β-unsaturated/α-hetero) is 1. The molecule has 0 saturated carbocycles. The number of anilines is 3. The molecular weight excluding hydrogens is 518 g/mol. The van der Waals surface area contributed by atoms with Crippen molar-refractivity contribution in [3.8, 4) is 16.9 Å². The molecule has 1 amide bonds. The van der Waals surface area contributed by atoms with Crippen LogP contribution in [0, 0.1) is 18.6 Å². The van der Waals surface area contributed by atoms with Crippen LogP contribution in [0.1, 0.15) is 16.2 Å². The molecule has 0 unspecified atom stereocenters. The number of hydrogen-bond acceptors (Lipinski definition) is 7. The molecule has 2 aliphatic heterocycles. The second kappa shape index (κ2) is 10.1. The molecular formula is C29H26F2N6O3. The summed E-state index contributed by atoms with van der Waals surface area (Å²) in [6.07, 6.45) is 2.31. The second-order valence-electron chi connectivity index (χ2n) is 9.84. The van der Waals surface area contributed by atoms with Crippen molar-refractivity contribution >= 4 is 29.0 Å². The van der Waals surface area contributed by atoms with Crippen LogP contribution in [0.15, 0.2) is 60.9 Å². The Morgan fingerprint density at radius 2 is 1.80 bits per heavy atom. The van der Waals surface area contributed by atoms with Gasteiger partial charge in [-0.15, -0.1) is 0 Å². The van der Waals surface area contributed by atoms with Crippen molar-refractivity contribution in [3.05, 3.63) is 83.9 Å². The van der Waals surface area contributed by atoms with E-state index in [-0.39, 0.29) is 11.7 Å². The fourth-order valence-corrected chi connectivity index (χ4v) is 5.27. The largest absolute Gasteiger partial charge is 0.489 e. The van der Waals surface area contributed by atoms with Crippen LogP contribution in [0.2, 0.25) is 0 Å². The van der Waals surface area contributed by atoms with Crippen molar-refractivity contribution < 1.29 is 23.1 Å². The summed E-state index contributed by atoms with van der Waals surface area (Å²) in [6.45, 7) is 4.13. The highest BCUT2D eigenvalue weighted by Gasteiger charge is 2.34. The lowest BCUT2D eigenvalue weighted by molar-refractivity contribution is -0.112. The Hall–Kier alpha value is -4.80. The van der Waals surface area contributed by atoms with Gasteiger partial charge in [-0.3, -0.25) is 9.59 Å². The number of carbonyl (C=O) groups is 2. The molecule has 6 rings (SSSR count). The summed E-state index contributed by atoms with van der Waals surface area (Å²) in [7, 11) is 1.67. The first kappa shape index (κ1) is 25.5. The Morgan fingerprint density at radius 1 is 1.02 bits per heavy atom. The van der Waals surface area contributed by atoms with Gasteiger partial charge in [0, 0.05) is 55.3 Å². The first-order valence-corrected chi connectivity index (χ1v) is 12.8. The fourth-order valence-electron chi connectivity index (χ4n) is 5.27. The number of benzene rings is 2. The molecule has 2 aromatic heterocycles. The molecule has 4 heterocycles. The van der Waals surface area contributed by atoms with Crippen LogP contribution in [0.5, 0.6) is 5.75 Å². The first-order chi connectivity index (χ1) is 19.3. The maximum atomic E-state index is 14.4. The van der Waals surface area contributed by atoms with E-state index in [4.69, 9.17) is 4.74 Å². The molecule has 0 bridgehead atoms. The highest BCUT2D eigenvalue weighted by molar-refractivity contribution is 6.46. The molecule has 0 aliphatic carbocycles. The number of hydrogen-bond donors (Lipinski definition) is 1. The van der Waals surface area contributed by atoms with Gasteiger partial charge in [0.15, 0.2) is 5.82 Å². The van der Waals surface area contributed by atoms with Gasteiger partial charge in [-0.1, -0.05) is 18.2 Å². The number of nitrogens with one attached hydrogen (secondary N) is 1. The van der Waals surface area contributed by atoms with E-state index >= 15 is 0 Å². The van der Waals surface area contributed by atoms with Gasteiger partial charge in [-0.25, -0.2) is 18.7 Å². The Bertz CT molecular complexity index is 1620. The lowest BCUT2D eigenvalue weighted by Gasteiger charge is -2.45. The normalized spacial score (nSPS) is 16.1. The van der Waals surface area contributed by atoms with Crippen molar-refractivity contribution in [3.63, 3.8) is 0 Å². The van der Waals surface area contributed by atoms with Crippen molar-refractivity contribution in [2.24, 2.45) is 7.05 Å². The highest BCUT2D eigenvalue weighted by atomic mass is 19.1. The number of ketones is 1. The fraction of sp³-hybridized carbons (Fsp3) is 0.241. The van der Waals surface area contributed by atoms with Crippen molar-refractivity contribution in [2.45, 2.75) is 13.0 Å². The zero-order valence-corrected chi connectivity index (χ0v) is 21.9. The predicted octanol–water partition coefficient (Wildman–Crippen LogP) is 3.98. The average Bonchev–Trinajstić information content (AvgIpc) is 3.26. The van der Waals surface area contributed by atoms with E-state index in [1.54, 1.807) is 54.9 Å². The van der Waals surface area contributed by atoms with Gasteiger partial charge in [-0.05, 0) is 31.2 Å². The van der Waals surface area contributed by atoms with Gasteiger partial charge in [0.2, 0.25) is 5.95 Å². The number of ether oxygens (including phenoxy) is 1. The number of halogens is 2. The molecule has 1 N–H and O–H groups in total. The number of piperazine rings is 1. The number of fused-ring (bicyclic) bond motifs is 3. The van der Waals surface area contributed by atoms with Gasteiger partial charge in [0.05, 0.1) is 29.8 Å². The SMILES string of the molecule is Cc1c(-c2ccccc2F)cc(C(=O)C(=O)Nc2ccc3c(c2)OC[C@H]2CN(c4ncc(F)cn4)CCN32)n1C. The van der Waals surface area contributed by atoms with Crippen LogP contribution in [0.3, 0.4) is 0 Å². The number of rotatable bonds is 5. The summed E-state index contributed by atoms with van der Waals surface area (Å²) >= 11 is 0. The smallest absolute Gasteiger partial charge is 0.298 e. The van der Waals surface area contributed by atoms with E-state index in [9.17, 15) is 18.4 Å². The second-order valence-corrected chi connectivity index (χ2v) is 9.84. The monoisotopic (exact) mass is 544 g/mol. The lowest BCUT2D eigenvalue weighted by atomic mass is 10.1. The Labute approximate surface area is 229 Å². The molecule has 40 heavy (non-hydrogen) atoms. The maximum Gasteiger partial charge on any atom is 0.298 e. The molecule has 4 aromatic rings. The lowest BCUT2D eigenvalue weighted by Crippen LogP contribution is -2.57. The standard InChI is InChI=1S/C29H26F2N6O3/c1-17-22(21-5-3-4-6-23(21)31)12-25(35(17)2)27(38)28(39)34-19-7-8-24-26(11-19)40-16-20-15-36(9-10-37(20)24)29-32-13-18(30)14-33-29/h3-8,11-14,20H,9-10,15-16H2,1-2H3,(H,34,39)/t20-/m1/s1. The molecule has 1 atom stereocenters. The number of nitrogens with zero attached hydrogens (tertiary/aromatic N) is 5. The topological polar surface area (TPSA) is 92.6 Å². The van der Waals surface area contributed by atoms with Crippen LogP contribution in [-0.4, -0.2) is 58.5 Å². The van der Waals surface area contributed by atoms with Crippen molar-refractivity contribution in [2.75, 3.05) is 41.4 Å². The third-order valence-corrected chi connectivity index (χ3v) is 7.47. The summed E-state index contributed by atoms with van der Waals surface area (Å²) in [5.41, 5.74) is 3.06. The van der Waals surface area contributed by atoms with Gasteiger partial charge in [0.25, 0.3) is 11.7 Å². The number of carbonyl (C=O) groups excluding carboxylic acids is 2. The molecule has 2 aliphatic rings. The van der Waals surface area contributed by atoms with Crippen molar-refractivity contribution in [1.82, 2.24) is 14.5 Å². The van der Waals surface area contributed by atoms with Crippen LogP contribution in [-0.2, 0) is 11.8 Å². The van der Waals surface area contributed by atoms with E-state index in [1.165, 1.54) is 6.07 Å². The van der Waals surface area contributed by atoms with E-state index in [0.717, 1.165) is 18.1 Å². The molecule has 9 nitrogen and oxygen atoms in total. The maximum absolute atomic E-state index is 14.4. The minimum Gasteiger partial charge on any atom is -0.489 e. The van der Waals surface area contributed by atoms with E-state index in [2.05, 4.69) is 20.2 Å². The summed E-state index contributed by atoms with van der Waals surface area (Å²) in [5.74, 6) is -1.34. The molecule has 0 radical (unpaired) electrons. The third-order valence-electron chi connectivity index (χ3n) is 7.47. The van der Waals surface area contributed by atoms with Gasteiger partial charge in [-0.2, -0.15) is 0 Å². The Balaban J connectivity index is 1.16. The summed E-state index contributed by atoms with van der Waals surface area (Å²) in [6, 6.07) is 13.2. The Kier molecular flexibility index (Phi) is 6.41. The summed E-state index contributed by atoms with van der Waals surface area (Å²) in [4.78, 5) is 38.4. The van der Waals surface area contributed by atoms with E-state index < -0.39 is 23.3 Å². The molecule has 11 heteroatoms. The molecule has 204 valence electrons. The summed E-state index contributed by atoms with van der Waals surface area (Å²) < 4.78 is 35.2. The average molecular weight is 545 g/mol. The molecule has 0 spiro atoms. The highest BCUT2D eigenvalue weighted by Crippen LogP contribution is 2.38. The van der Waals surface area contributed by atoms with Crippen LogP contribution in [0.25, 0.3) is 11.1 Å². The molecule has 1 saturated heterocycles. The quantitative estimate of drug-likeness (QED) is 0.300. The van der Waals surface area contributed by atoms with Crippen molar-refractivity contribution in [1.29, 1.82) is 0 Å².